The van der Waals surface area contributed by atoms with Crippen LogP contribution in [0, 0.1) is 0 Å². The van der Waals surface area contributed by atoms with Crippen LogP contribution in [0.3, 0.4) is 0 Å². The van der Waals surface area contributed by atoms with Crippen molar-refractivity contribution >= 4 is 29.9 Å². The summed E-state index contributed by atoms with van der Waals surface area (Å²) < 4.78 is 34.9. The highest BCUT2D eigenvalue weighted by molar-refractivity contribution is 14.0. The van der Waals surface area contributed by atoms with Crippen molar-refractivity contribution in [2.75, 3.05) is 45.9 Å². The number of ether oxygens (including phenoxy) is 2. The van der Waals surface area contributed by atoms with Crippen LogP contribution >= 0.6 is 24.0 Å². The standard InChI is InChI=1S/C18H28F2N4O2.HI/c1-2-21-18(22-8-5-9-24-10-12-25-13-11-24)23-14-15-6-3-4-7-16(15)26-17(19)20;/h3-4,6-7,17H,2,5,8-14H2,1H3,(H2,21,22,23);1H. The number of hydrogen-bond acceptors (Lipinski definition) is 4. The van der Waals surface area contributed by atoms with Crippen molar-refractivity contribution in [2.45, 2.75) is 26.5 Å². The Morgan fingerprint density at radius 1 is 1.26 bits per heavy atom. The number of morpholine rings is 1. The highest BCUT2D eigenvalue weighted by atomic mass is 127. The predicted molar refractivity (Wildman–Crippen MR) is 113 cm³/mol. The van der Waals surface area contributed by atoms with E-state index in [4.69, 9.17) is 4.74 Å². The number of nitrogens with zero attached hydrogens (tertiary/aromatic N) is 2. The van der Waals surface area contributed by atoms with Crippen LogP contribution in [0.4, 0.5) is 8.78 Å². The Labute approximate surface area is 176 Å². The highest BCUT2D eigenvalue weighted by Gasteiger charge is 2.10. The van der Waals surface area contributed by atoms with Crippen LogP contribution in [0.25, 0.3) is 0 Å². The van der Waals surface area contributed by atoms with E-state index in [0.717, 1.165) is 52.4 Å². The fourth-order valence-electron chi connectivity index (χ4n) is 2.69. The summed E-state index contributed by atoms with van der Waals surface area (Å²) in [5.41, 5.74) is 0.623. The minimum absolute atomic E-state index is 0. The molecule has 1 aliphatic rings. The molecule has 1 heterocycles. The van der Waals surface area contributed by atoms with Crippen molar-refractivity contribution < 1.29 is 18.3 Å². The van der Waals surface area contributed by atoms with E-state index in [-0.39, 0.29) is 36.3 Å². The molecule has 0 spiro atoms. The van der Waals surface area contributed by atoms with Gasteiger partial charge >= 0.3 is 6.61 Å². The van der Waals surface area contributed by atoms with Gasteiger partial charge in [-0.05, 0) is 26.0 Å². The molecule has 27 heavy (non-hydrogen) atoms. The van der Waals surface area contributed by atoms with E-state index in [0.29, 0.717) is 11.5 Å². The fraction of sp³-hybridized carbons (Fsp3) is 0.611. The van der Waals surface area contributed by atoms with Gasteiger partial charge in [0.05, 0.1) is 19.8 Å². The van der Waals surface area contributed by atoms with Crippen molar-refractivity contribution in [3.8, 4) is 5.75 Å². The van der Waals surface area contributed by atoms with Gasteiger partial charge in [-0.1, -0.05) is 18.2 Å². The molecular weight excluding hydrogens is 469 g/mol. The lowest BCUT2D eigenvalue weighted by molar-refractivity contribution is -0.0504. The van der Waals surface area contributed by atoms with Gasteiger partial charge in [0.15, 0.2) is 5.96 Å². The zero-order valence-corrected chi connectivity index (χ0v) is 18.0. The molecule has 1 aliphatic heterocycles. The zero-order chi connectivity index (χ0) is 18.6. The summed E-state index contributed by atoms with van der Waals surface area (Å²) in [7, 11) is 0. The SMILES string of the molecule is CCNC(=NCc1ccccc1OC(F)F)NCCCN1CCOCC1.I. The van der Waals surface area contributed by atoms with Gasteiger partial charge in [0.25, 0.3) is 0 Å². The van der Waals surface area contributed by atoms with Crippen LogP contribution in [0.5, 0.6) is 5.75 Å². The third kappa shape index (κ3) is 9.52. The van der Waals surface area contributed by atoms with E-state index < -0.39 is 6.61 Å². The second-order valence-corrected chi connectivity index (χ2v) is 5.92. The van der Waals surface area contributed by atoms with E-state index in [2.05, 4.69) is 25.3 Å². The van der Waals surface area contributed by atoms with Gasteiger partial charge in [0.2, 0.25) is 0 Å². The summed E-state index contributed by atoms with van der Waals surface area (Å²) in [4.78, 5) is 6.85. The number of hydrogen-bond donors (Lipinski definition) is 2. The summed E-state index contributed by atoms with van der Waals surface area (Å²) in [6, 6.07) is 6.72. The summed E-state index contributed by atoms with van der Waals surface area (Å²) in [6.45, 7) is 5.51. The van der Waals surface area contributed by atoms with Crippen molar-refractivity contribution in [2.24, 2.45) is 4.99 Å². The molecular formula is C18H29F2IN4O2. The Kier molecular flexibility index (Phi) is 12.3. The number of benzene rings is 1. The molecule has 2 N–H and O–H groups in total. The topological polar surface area (TPSA) is 58.1 Å². The van der Waals surface area contributed by atoms with Crippen LogP contribution in [-0.4, -0.2) is 63.4 Å². The van der Waals surface area contributed by atoms with Gasteiger partial charge in [-0.3, -0.25) is 4.90 Å². The Hall–Kier alpha value is -1.20. The second-order valence-electron chi connectivity index (χ2n) is 5.92. The van der Waals surface area contributed by atoms with Gasteiger partial charge in [-0.2, -0.15) is 8.78 Å². The molecule has 154 valence electrons. The number of rotatable bonds is 9. The van der Waals surface area contributed by atoms with E-state index in [9.17, 15) is 8.78 Å². The molecule has 0 amide bonds. The van der Waals surface area contributed by atoms with Crippen molar-refractivity contribution in [1.82, 2.24) is 15.5 Å². The lowest BCUT2D eigenvalue weighted by Gasteiger charge is -2.26. The molecule has 1 aromatic carbocycles. The average molecular weight is 498 g/mol. The van der Waals surface area contributed by atoms with Gasteiger partial charge in [-0.25, -0.2) is 4.99 Å². The summed E-state index contributed by atoms with van der Waals surface area (Å²) in [5, 5.41) is 6.45. The van der Waals surface area contributed by atoms with E-state index >= 15 is 0 Å². The first kappa shape index (κ1) is 23.8. The van der Waals surface area contributed by atoms with E-state index in [1.165, 1.54) is 6.07 Å². The molecule has 0 bridgehead atoms. The molecule has 0 saturated carbocycles. The summed E-state index contributed by atoms with van der Waals surface area (Å²) in [5.74, 6) is 0.829. The number of halogens is 3. The minimum Gasteiger partial charge on any atom is -0.434 e. The Bertz CT molecular complexity index is 558. The van der Waals surface area contributed by atoms with Gasteiger partial charge in [0.1, 0.15) is 5.75 Å². The molecule has 0 aliphatic carbocycles. The molecule has 2 rings (SSSR count). The van der Waals surface area contributed by atoms with Crippen LogP contribution in [0.2, 0.25) is 0 Å². The molecule has 1 saturated heterocycles. The van der Waals surface area contributed by atoms with Crippen LogP contribution in [-0.2, 0) is 11.3 Å². The first-order chi connectivity index (χ1) is 12.7. The molecule has 9 heteroatoms. The van der Waals surface area contributed by atoms with E-state index in [1.54, 1.807) is 18.2 Å². The summed E-state index contributed by atoms with van der Waals surface area (Å²) in [6.07, 6.45) is 0.996. The van der Waals surface area contributed by atoms with E-state index in [1.807, 2.05) is 6.92 Å². The normalized spacial score (nSPS) is 15.3. The predicted octanol–water partition coefficient (Wildman–Crippen LogP) is 2.68. The molecule has 0 aromatic heterocycles. The lowest BCUT2D eigenvalue weighted by Crippen LogP contribution is -2.40. The quantitative estimate of drug-likeness (QED) is 0.238. The largest absolute Gasteiger partial charge is 0.434 e. The fourth-order valence-corrected chi connectivity index (χ4v) is 2.69. The monoisotopic (exact) mass is 498 g/mol. The number of nitrogens with one attached hydrogen (secondary N) is 2. The zero-order valence-electron chi connectivity index (χ0n) is 15.6. The second kappa shape index (κ2) is 13.9. The third-order valence-electron chi connectivity index (χ3n) is 3.99. The maximum Gasteiger partial charge on any atom is 0.387 e. The number of guanidine groups is 1. The van der Waals surface area contributed by atoms with Crippen LogP contribution in [0.1, 0.15) is 18.9 Å². The maximum absolute atomic E-state index is 12.5. The smallest absolute Gasteiger partial charge is 0.387 e. The van der Waals surface area contributed by atoms with Crippen molar-refractivity contribution in [3.05, 3.63) is 29.8 Å². The van der Waals surface area contributed by atoms with Gasteiger partial charge in [0, 0.05) is 31.7 Å². The molecule has 0 radical (unpaired) electrons. The first-order valence-electron chi connectivity index (χ1n) is 9.04. The Balaban J connectivity index is 0.00000364. The first-order valence-corrected chi connectivity index (χ1v) is 9.04. The lowest BCUT2D eigenvalue weighted by atomic mass is 10.2. The van der Waals surface area contributed by atoms with Crippen LogP contribution in [0.15, 0.2) is 29.3 Å². The molecule has 1 fully saturated rings. The van der Waals surface area contributed by atoms with Crippen molar-refractivity contribution in [1.29, 1.82) is 0 Å². The van der Waals surface area contributed by atoms with Gasteiger partial charge in [-0.15, -0.1) is 24.0 Å². The van der Waals surface area contributed by atoms with Crippen LogP contribution < -0.4 is 15.4 Å². The highest BCUT2D eigenvalue weighted by Crippen LogP contribution is 2.20. The number of para-hydroxylation sites is 1. The van der Waals surface area contributed by atoms with Crippen molar-refractivity contribution in [3.63, 3.8) is 0 Å². The number of aliphatic imine (C=N–C) groups is 1. The molecule has 1 aromatic rings. The molecule has 6 nitrogen and oxygen atoms in total. The maximum atomic E-state index is 12.5. The third-order valence-corrected chi connectivity index (χ3v) is 3.99. The molecule has 0 atom stereocenters. The van der Waals surface area contributed by atoms with Gasteiger partial charge < -0.3 is 20.1 Å². The average Bonchev–Trinajstić information content (AvgIpc) is 2.64. The molecule has 0 unspecified atom stereocenters. The Morgan fingerprint density at radius 2 is 2.00 bits per heavy atom. The number of alkyl halides is 2. The Morgan fingerprint density at radius 3 is 2.70 bits per heavy atom. The summed E-state index contributed by atoms with van der Waals surface area (Å²) >= 11 is 0. The minimum atomic E-state index is -2.84.